The van der Waals surface area contributed by atoms with Gasteiger partial charge < -0.3 is 30.7 Å². The molecule has 1 saturated heterocycles. The highest BCUT2D eigenvalue weighted by Crippen LogP contribution is 2.17. The summed E-state index contributed by atoms with van der Waals surface area (Å²) in [6, 6.07) is 9.15. The van der Waals surface area contributed by atoms with Gasteiger partial charge in [0.1, 0.15) is 17.6 Å². The summed E-state index contributed by atoms with van der Waals surface area (Å²) in [7, 11) is 0. The predicted octanol–water partition coefficient (Wildman–Crippen LogP) is 0.990. The van der Waals surface area contributed by atoms with Gasteiger partial charge in [0.15, 0.2) is 5.82 Å². The number of carboxylic acid groups (broad SMARTS) is 1. The highest BCUT2D eigenvalue weighted by atomic mass is 16.6. The van der Waals surface area contributed by atoms with Crippen molar-refractivity contribution in [1.82, 2.24) is 25.1 Å². The maximum absolute atomic E-state index is 13.2. The number of aliphatic carboxylic acids is 1. The lowest BCUT2D eigenvalue weighted by atomic mass is 10.1. The third-order valence-corrected chi connectivity index (χ3v) is 5.38. The number of aromatic nitrogens is 2. The van der Waals surface area contributed by atoms with Gasteiger partial charge in [-0.15, -0.1) is 0 Å². The lowest BCUT2D eigenvalue weighted by molar-refractivity contribution is -0.138. The minimum atomic E-state index is -1.10. The number of hydrogen-bond donors (Lipinski definition) is 3. The van der Waals surface area contributed by atoms with Crippen molar-refractivity contribution in [3.8, 4) is 11.4 Å². The fraction of sp³-hybridized carbons (Fsp3) is 0.391. The predicted molar refractivity (Wildman–Crippen MR) is 125 cm³/mol. The Morgan fingerprint density at radius 3 is 2.37 bits per heavy atom. The quantitative estimate of drug-likeness (QED) is 0.495. The molecule has 3 amide bonds. The van der Waals surface area contributed by atoms with E-state index in [1.165, 1.54) is 15.9 Å². The first kappa shape index (κ1) is 25.4. The lowest BCUT2D eigenvalue weighted by Gasteiger charge is -2.35. The van der Waals surface area contributed by atoms with Crippen LogP contribution in [0.15, 0.2) is 36.4 Å². The van der Waals surface area contributed by atoms with E-state index in [-0.39, 0.29) is 63.0 Å². The van der Waals surface area contributed by atoms with E-state index >= 15 is 0 Å². The van der Waals surface area contributed by atoms with E-state index in [4.69, 9.17) is 15.6 Å². The van der Waals surface area contributed by atoms with Crippen molar-refractivity contribution in [1.29, 1.82) is 0 Å². The van der Waals surface area contributed by atoms with E-state index in [1.54, 1.807) is 31.2 Å². The van der Waals surface area contributed by atoms with Gasteiger partial charge in [0, 0.05) is 44.2 Å². The number of ether oxygens (including phenoxy) is 1. The van der Waals surface area contributed by atoms with Gasteiger partial charge in [0.05, 0.1) is 6.61 Å². The van der Waals surface area contributed by atoms with Crippen LogP contribution in [-0.4, -0.2) is 87.6 Å². The number of carboxylic acids is 1. The maximum atomic E-state index is 13.2. The van der Waals surface area contributed by atoms with Crippen LogP contribution in [0.3, 0.4) is 0 Å². The van der Waals surface area contributed by atoms with Gasteiger partial charge in [0.25, 0.3) is 5.91 Å². The Balaban J connectivity index is 1.73. The number of rotatable bonds is 8. The molecule has 12 heteroatoms. The zero-order chi connectivity index (χ0) is 25.4. The van der Waals surface area contributed by atoms with Crippen LogP contribution in [0.2, 0.25) is 0 Å². The van der Waals surface area contributed by atoms with Gasteiger partial charge in [0.2, 0.25) is 5.91 Å². The largest absolute Gasteiger partial charge is 0.481 e. The number of carbonyl (C=O) groups is 4. The Labute approximate surface area is 202 Å². The molecule has 4 N–H and O–H groups in total. The molecule has 3 rings (SSSR count). The average Bonchev–Trinajstić information content (AvgIpc) is 2.86. The van der Waals surface area contributed by atoms with Crippen molar-refractivity contribution < 1.29 is 29.0 Å². The summed E-state index contributed by atoms with van der Waals surface area (Å²) < 4.78 is 4.98. The molecule has 1 aliphatic rings. The number of piperazine rings is 1. The summed E-state index contributed by atoms with van der Waals surface area (Å²) in [6.07, 6.45) is -0.879. The van der Waals surface area contributed by atoms with Gasteiger partial charge >= 0.3 is 12.1 Å². The molecule has 0 bridgehead atoms. The number of nitrogens with zero attached hydrogens (tertiary/aromatic N) is 4. The Morgan fingerprint density at radius 1 is 1.09 bits per heavy atom. The van der Waals surface area contributed by atoms with Gasteiger partial charge in [-0.3, -0.25) is 14.4 Å². The SMILES string of the molecule is CCOC(=O)N1CCN(C(=O)C(CCC(=O)O)NC(=O)c2cc(N)nc(-c3ccccc3)n2)CC1. The molecule has 1 aromatic heterocycles. The van der Waals surface area contributed by atoms with E-state index < -0.39 is 29.9 Å². The number of nitrogens with one attached hydrogen (secondary N) is 1. The van der Waals surface area contributed by atoms with Crippen LogP contribution >= 0.6 is 0 Å². The Kier molecular flexibility index (Phi) is 8.54. The number of hydrogen-bond acceptors (Lipinski definition) is 8. The van der Waals surface area contributed by atoms with Crippen LogP contribution in [0.1, 0.15) is 30.3 Å². The minimum Gasteiger partial charge on any atom is -0.481 e. The van der Waals surface area contributed by atoms with Crippen molar-refractivity contribution in [3.63, 3.8) is 0 Å². The van der Waals surface area contributed by atoms with Crippen LogP contribution in [0.4, 0.5) is 10.6 Å². The van der Waals surface area contributed by atoms with E-state index in [0.717, 1.165) is 0 Å². The van der Waals surface area contributed by atoms with E-state index in [2.05, 4.69) is 15.3 Å². The number of nitrogen functional groups attached to an aromatic ring is 1. The van der Waals surface area contributed by atoms with Gasteiger partial charge in [-0.25, -0.2) is 14.8 Å². The third-order valence-electron chi connectivity index (χ3n) is 5.38. The van der Waals surface area contributed by atoms with E-state index in [9.17, 15) is 19.2 Å². The Bertz CT molecular complexity index is 1070. The molecule has 1 fully saturated rings. The average molecular weight is 485 g/mol. The number of benzene rings is 1. The van der Waals surface area contributed by atoms with Crippen LogP contribution in [0, 0.1) is 0 Å². The molecule has 2 aromatic rings. The fourth-order valence-electron chi connectivity index (χ4n) is 3.60. The van der Waals surface area contributed by atoms with Crippen LogP contribution in [-0.2, 0) is 14.3 Å². The molecule has 1 unspecified atom stereocenters. The topological polar surface area (TPSA) is 168 Å². The molecule has 1 atom stereocenters. The van der Waals surface area contributed by atoms with E-state index in [0.29, 0.717) is 5.56 Å². The first-order chi connectivity index (χ1) is 16.8. The molecule has 0 spiro atoms. The molecular formula is C23H28N6O6. The number of anilines is 1. The van der Waals surface area contributed by atoms with Crippen molar-refractivity contribution in [2.24, 2.45) is 0 Å². The molecule has 2 heterocycles. The number of nitrogens with two attached hydrogens (primary N) is 1. The molecule has 12 nitrogen and oxygen atoms in total. The molecular weight excluding hydrogens is 456 g/mol. The van der Waals surface area contributed by atoms with E-state index in [1.807, 2.05) is 6.07 Å². The molecule has 0 saturated carbocycles. The number of amides is 3. The summed E-state index contributed by atoms with van der Waals surface area (Å²) in [5, 5.41) is 11.7. The standard InChI is InChI=1S/C23H28N6O6/c1-2-35-23(34)29-12-10-28(11-13-29)22(33)16(8-9-19(30)31)26-21(32)17-14-18(24)27-20(25-17)15-6-4-3-5-7-15/h3-7,14,16H,2,8-13H2,1H3,(H,26,32)(H,30,31)(H2,24,25,27). The van der Waals surface area contributed by atoms with Crippen molar-refractivity contribution in [2.75, 3.05) is 38.5 Å². The Hall–Kier alpha value is -4.22. The number of carbonyl (C=O) groups excluding carboxylic acids is 3. The van der Waals surface area contributed by atoms with Crippen molar-refractivity contribution in [2.45, 2.75) is 25.8 Å². The minimum absolute atomic E-state index is 0.0448. The highest BCUT2D eigenvalue weighted by molar-refractivity contribution is 5.97. The zero-order valence-electron chi connectivity index (χ0n) is 19.3. The normalized spacial score (nSPS) is 14.2. The molecule has 0 aliphatic carbocycles. The van der Waals surface area contributed by atoms with Crippen molar-refractivity contribution in [3.05, 3.63) is 42.1 Å². The van der Waals surface area contributed by atoms with Crippen LogP contribution in [0.25, 0.3) is 11.4 Å². The molecule has 1 aromatic carbocycles. The summed E-state index contributed by atoms with van der Waals surface area (Å²) in [6.45, 7) is 2.97. The summed E-state index contributed by atoms with van der Waals surface area (Å²) >= 11 is 0. The Morgan fingerprint density at radius 2 is 1.74 bits per heavy atom. The smallest absolute Gasteiger partial charge is 0.409 e. The summed E-state index contributed by atoms with van der Waals surface area (Å²) in [4.78, 5) is 60.6. The zero-order valence-corrected chi connectivity index (χ0v) is 19.3. The monoisotopic (exact) mass is 484 g/mol. The first-order valence-electron chi connectivity index (χ1n) is 11.2. The third kappa shape index (κ3) is 6.88. The van der Waals surface area contributed by atoms with Gasteiger partial charge in [-0.1, -0.05) is 30.3 Å². The molecule has 1 aliphatic heterocycles. The molecule has 35 heavy (non-hydrogen) atoms. The maximum Gasteiger partial charge on any atom is 0.409 e. The highest BCUT2D eigenvalue weighted by Gasteiger charge is 2.31. The van der Waals surface area contributed by atoms with Gasteiger partial charge in [-0.2, -0.15) is 0 Å². The molecule has 186 valence electrons. The summed E-state index contributed by atoms with van der Waals surface area (Å²) in [5.74, 6) is -1.88. The second-order valence-electron chi connectivity index (χ2n) is 7.84. The molecule has 0 radical (unpaired) electrons. The second-order valence-corrected chi connectivity index (χ2v) is 7.84. The van der Waals surface area contributed by atoms with Crippen LogP contribution in [0.5, 0.6) is 0 Å². The first-order valence-corrected chi connectivity index (χ1v) is 11.2. The summed E-state index contributed by atoms with van der Waals surface area (Å²) in [5.41, 5.74) is 6.49. The second kappa shape index (κ2) is 11.8. The van der Waals surface area contributed by atoms with Crippen molar-refractivity contribution >= 4 is 29.7 Å². The fourth-order valence-corrected chi connectivity index (χ4v) is 3.60. The van der Waals surface area contributed by atoms with Crippen LogP contribution < -0.4 is 11.1 Å². The van der Waals surface area contributed by atoms with Gasteiger partial charge in [-0.05, 0) is 13.3 Å². The lowest BCUT2D eigenvalue weighted by Crippen LogP contribution is -2.56.